The number of benzene rings is 2. The van der Waals surface area contributed by atoms with E-state index in [1.54, 1.807) is 0 Å². The van der Waals surface area contributed by atoms with Crippen LogP contribution in [0.1, 0.15) is 25.0 Å². The predicted molar refractivity (Wildman–Crippen MR) is 94.5 cm³/mol. The van der Waals surface area contributed by atoms with Crippen LogP contribution in [0.15, 0.2) is 48.5 Å². The van der Waals surface area contributed by atoms with Crippen LogP contribution in [0.2, 0.25) is 0 Å². The van der Waals surface area contributed by atoms with Gasteiger partial charge in [0.25, 0.3) is 0 Å². The summed E-state index contributed by atoms with van der Waals surface area (Å²) in [6, 6.07) is 15.9. The third-order valence-electron chi connectivity index (χ3n) is 3.72. The molecule has 4 nitrogen and oxygen atoms in total. The van der Waals surface area contributed by atoms with Crippen molar-refractivity contribution >= 4 is 5.69 Å². The van der Waals surface area contributed by atoms with Crippen LogP contribution in [0.25, 0.3) is 0 Å². The summed E-state index contributed by atoms with van der Waals surface area (Å²) in [4.78, 5) is 0. The molecule has 0 aliphatic heterocycles. The lowest BCUT2D eigenvalue weighted by atomic mass is 10.1. The molecular weight excluding hydrogens is 288 g/mol. The predicted octanol–water partition coefficient (Wildman–Crippen LogP) is 2.75. The minimum absolute atomic E-state index is 0.113. The van der Waals surface area contributed by atoms with Crippen molar-refractivity contribution in [2.24, 2.45) is 0 Å². The quantitative estimate of drug-likeness (QED) is 0.655. The average Bonchev–Trinajstić information content (AvgIpc) is 2.55. The highest BCUT2D eigenvalue weighted by Gasteiger charge is 2.14. The highest BCUT2D eigenvalue weighted by Crippen LogP contribution is 2.23. The zero-order valence-corrected chi connectivity index (χ0v) is 13.9. The molecule has 4 N–H and O–H groups in total. The topological polar surface area (TPSA) is 67.5 Å². The molecule has 23 heavy (non-hydrogen) atoms. The van der Waals surface area contributed by atoms with Crippen LogP contribution >= 0.6 is 0 Å². The lowest BCUT2D eigenvalue weighted by molar-refractivity contribution is 0.189. The van der Waals surface area contributed by atoms with Gasteiger partial charge in [-0.1, -0.05) is 36.4 Å². The van der Waals surface area contributed by atoms with Crippen molar-refractivity contribution in [3.05, 3.63) is 59.7 Å². The van der Waals surface area contributed by atoms with Crippen LogP contribution in [-0.4, -0.2) is 23.8 Å². The van der Waals surface area contributed by atoms with E-state index in [4.69, 9.17) is 10.5 Å². The smallest absolute Gasteiger partial charge is 0.142 e. The van der Waals surface area contributed by atoms with E-state index >= 15 is 0 Å². The molecule has 2 aromatic carbocycles. The van der Waals surface area contributed by atoms with Gasteiger partial charge in [0.2, 0.25) is 0 Å². The fourth-order valence-electron chi connectivity index (χ4n) is 2.22. The Balaban J connectivity index is 1.87. The highest BCUT2D eigenvalue weighted by atomic mass is 16.5. The lowest BCUT2D eigenvalue weighted by Gasteiger charge is -2.23. The second-order valence-electron chi connectivity index (χ2n) is 6.37. The molecule has 4 heteroatoms. The molecule has 0 heterocycles. The van der Waals surface area contributed by atoms with Gasteiger partial charge < -0.3 is 20.9 Å². The van der Waals surface area contributed by atoms with E-state index in [2.05, 4.69) is 5.32 Å². The Morgan fingerprint density at radius 2 is 1.83 bits per heavy atom. The Kier molecular flexibility index (Phi) is 6.02. The molecule has 0 unspecified atom stereocenters. The summed E-state index contributed by atoms with van der Waals surface area (Å²) in [5.41, 5.74) is 8.74. The van der Waals surface area contributed by atoms with Crippen LogP contribution in [0.5, 0.6) is 5.75 Å². The number of nitrogen functional groups attached to an aromatic ring is 1. The van der Waals surface area contributed by atoms with Gasteiger partial charge >= 0.3 is 0 Å². The lowest BCUT2D eigenvalue weighted by Crippen LogP contribution is -2.43. The van der Waals surface area contributed by atoms with E-state index in [0.717, 1.165) is 24.1 Å². The first-order chi connectivity index (χ1) is 11.0. The molecule has 0 fully saturated rings. The van der Waals surface area contributed by atoms with Crippen molar-refractivity contribution in [2.45, 2.75) is 32.4 Å². The number of hydrogen-bond acceptors (Lipinski definition) is 4. The van der Waals surface area contributed by atoms with E-state index in [9.17, 15) is 5.11 Å². The van der Waals surface area contributed by atoms with E-state index in [1.165, 1.54) is 0 Å². The van der Waals surface area contributed by atoms with Gasteiger partial charge in [-0.3, -0.25) is 0 Å². The van der Waals surface area contributed by atoms with Crippen LogP contribution in [-0.2, 0) is 13.0 Å². The molecule has 0 radical (unpaired) electrons. The third kappa shape index (κ3) is 5.58. The molecule has 0 atom stereocenters. The Labute approximate surface area is 138 Å². The summed E-state index contributed by atoms with van der Waals surface area (Å²) in [5.74, 6) is 0.709. The molecule has 0 aliphatic rings. The van der Waals surface area contributed by atoms with E-state index < -0.39 is 0 Å². The van der Waals surface area contributed by atoms with Crippen LogP contribution in [0, 0.1) is 0 Å². The fraction of sp³-hybridized carbons (Fsp3) is 0.368. The molecule has 0 aliphatic carbocycles. The number of aliphatic hydroxyl groups excluding tert-OH is 1. The largest absolute Gasteiger partial charge is 0.487 e. The van der Waals surface area contributed by atoms with Crippen molar-refractivity contribution in [1.82, 2.24) is 5.32 Å². The summed E-state index contributed by atoms with van der Waals surface area (Å²) in [6.07, 6.45) is 0.854. The summed E-state index contributed by atoms with van der Waals surface area (Å²) in [5, 5.41) is 12.5. The van der Waals surface area contributed by atoms with Gasteiger partial charge in [-0.25, -0.2) is 0 Å². The van der Waals surface area contributed by atoms with Gasteiger partial charge in [-0.2, -0.15) is 0 Å². The summed E-state index contributed by atoms with van der Waals surface area (Å²) >= 11 is 0. The number of nitrogens with one attached hydrogen (secondary N) is 1. The first-order valence-electron chi connectivity index (χ1n) is 7.91. The Bertz CT molecular complexity index is 612. The number of hydrogen-bond donors (Lipinski definition) is 3. The minimum Gasteiger partial charge on any atom is -0.487 e. The zero-order chi connectivity index (χ0) is 16.7. The van der Waals surface area contributed by atoms with Gasteiger partial charge in [0, 0.05) is 5.54 Å². The second-order valence-corrected chi connectivity index (χ2v) is 6.37. The number of anilines is 1. The van der Waals surface area contributed by atoms with Crippen LogP contribution in [0.3, 0.4) is 0 Å². The summed E-state index contributed by atoms with van der Waals surface area (Å²) in [6.45, 7) is 5.36. The van der Waals surface area contributed by atoms with Gasteiger partial charge in [-0.15, -0.1) is 0 Å². The van der Waals surface area contributed by atoms with E-state index in [-0.39, 0.29) is 12.1 Å². The number of aliphatic hydroxyl groups is 1. The van der Waals surface area contributed by atoms with Gasteiger partial charge in [0.15, 0.2) is 0 Å². The molecule has 0 aromatic heterocycles. The number of ether oxygens (including phenoxy) is 1. The van der Waals surface area contributed by atoms with Crippen LogP contribution in [0.4, 0.5) is 5.69 Å². The number of nitrogens with two attached hydrogens (primary N) is 1. The molecule has 2 aromatic rings. The van der Waals surface area contributed by atoms with Gasteiger partial charge in [-0.05, 0) is 50.1 Å². The Hall–Kier alpha value is -2.04. The maximum atomic E-state index is 9.23. The Morgan fingerprint density at radius 1 is 1.09 bits per heavy atom. The normalized spacial score (nSPS) is 11.4. The molecule has 0 amide bonds. The van der Waals surface area contributed by atoms with E-state index in [1.807, 2.05) is 62.4 Å². The third-order valence-corrected chi connectivity index (χ3v) is 3.72. The average molecular weight is 314 g/mol. The van der Waals surface area contributed by atoms with Gasteiger partial charge in [0.05, 0.1) is 12.3 Å². The highest BCUT2D eigenvalue weighted by molar-refractivity contribution is 5.54. The molecule has 2 rings (SSSR count). The monoisotopic (exact) mass is 314 g/mol. The van der Waals surface area contributed by atoms with Crippen molar-refractivity contribution in [3.8, 4) is 5.75 Å². The maximum Gasteiger partial charge on any atom is 0.142 e. The molecule has 0 bridgehead atoms. The summed E-state index contributed by atoms with van der Waals surface area (Å²) < 4.78 is 5.78. The Morgan fingerprint density at radius 3 is 2.48 bits per heavy atom. The van der Waals surface area contributed by atoms with Crippen molar-refractivity contribution in [3.63, 3.8) is 0 Å². The van der Waals surface area contributed by atoms with Crippen molar-refractivity contribution < 1.29 is 9.84 Å². The fourth-order valence-corrected chi connectivity index (χ4v) is 2.22. The van der Waals surface area contributed by atoms with Crippen molar-refractivity contribution in [1.29, 1.82) is 0 Å². The van der Waals surface area contributed by atoms with E-state index in [0.29, 0.717) is 18.0 Å². The molecule has 0 saturated carbocycles. The first-order valence-corrected chi connectivity index (χ1v) is 7.91. The molecule has 124 valence electrons. The van der Waals surface area contributed by atoms with Gasteiger partial charge in [0.1, 0.15) is 12.4 Å². The van der Waals surface area contributed by atoms with Crippen LogP contribution < -0.4 is 15.8 Å². The number of rotatable bonds is 8. The van der Waals surface area contributed by atoms with Crippen molar-refractivity contribution in [2.75, 3.05) is 18.9 Å². The zero-order valence-electron chi connectivity index (χ0n) is 13.9. The summed E-state index contributed by atoms with van der Waals surface area (Å²) in [7, 11) is 0. The maximum absolute atomic E-state index is 9.23. The molecule has 0 saturated heterocycles. The molecule has 0 spiro atoms. The minimum atomic E-state index is -0.260. The molecular formula is C19H26N2O2. The first kappa shape index (κ1) is 17.3. The SMILES string of the molecule is CC(C)(CO)NCCc1ccc(OCc2ccccc2)c(N)c1. The standard InChI is InChI=1S/C19H26N2O2/c1-19(2,14-22)21-11-10-15-8-9-18(17(20)12-15)23-13-16-6-4-3-5-7-16/h3-9,12,21-22H,10-11,13-14,20H2,1-2H3. The second kappa shape index (κ2) is 7.99.